The highest BCUT2D eigenvalue weighted by atomic mass is 79.9. The van der Waals surface area contributed by atoms with Crippen LogP contribution in [0.5, 0.6) is 0 Å². The van der Waals surface area contributed by atoms with Gasteiger partial charge in [0.1, 0.15) is 0 Å². The topological polar surface area (TPSA) is 66.4 Å². The molecular formula is C15H16BrNO3. The van der Waals surface area contributed by atoms with Gasteiger partial charge in [0.15, 0.2) is 0 Å². The Kier molecular flexibility index (Phi) is 4.95. The highest BCUT2D eigenvalue weighted by molar-refractivity contribution is 9.10. The average Bonchev–Trinajstić information content (AvgIpc) is 2.42. The molecule has 5 heteroatoms. The highest BCUT2D eigenvalue weighted by Crippen LogP contribution is 2.25. The Hall–Kier alpha value is -1.62. The molecule has 0 bridgehead atoms. The number of aromatic carboxylic acids is 1. The molecule has 1 aromatic rings. The molecular weight excluding hydrogens is 322 g/mol. The van der Waals surface area contributed by atoms with Gasteiger partial charge in [-0.25, -0.2) is 4.79 Å². The van der Waals surface area contributed by atoms with Crippen molar-refractivity contribution in [2.45, 2.75) is 32.1 Å². The third-order valence-corrected chi connectivity index (χ3v) is 3.92. The number of allylic oxidation sites excluding steroid dienone is 1. The first-order chi connectivity index (χ1) is 9.56. The molecule has 0 saturated heterocycles. The summed E-state index contributed by atoms with van der Waals surface area (Å²) in [5.41, 5.74) is 1.97. The minimum absolute atomic E-state index is 0.0677. The molecule has 20 heavy (non-hydrogen) atoms. The van der Waals surface area contributed by atoms with E-state index in [0.29, 0.717) is 16.6 Å². The van der Waals surface area contributed by atoms with E-state index in [1.54, 1.807) is 6.07 Å². The number of benzene rings is 1. The molecule has 1 aliphatic rings. The monoisotopic (exact) mass is 337 g/mol. The molecule has 1 aliphatic carbocycles. The molecule has 0 spiro atoms. The molecule has 106 valence electrons. The van der Waals surface area contributed by atoms with Crippen LogP contribution in [0, 0.1) is 0 Å². The molecule has 0 fully saturated rings. The average molecular weight is 338 g/mol. The summed E-state index contributed by atoms with van der Waals surface area (Å²) >= 11 is 3.28. The molecule has 0 atom stereocenters. The van der Waals surface area contributed by atoms with Crippen LogP contribution in [0.25, 0.3) is 0 Å². The second kappa shape index (κ2) is 6.70. The maximum Gasteiger partial charge on any atom is 0.335 e. The Morgan fingerprint density at radius 1 is 1.30 bits per heavy atom. The minimum Gasteiger partial charge on any atom is -0.478 e. The van der Waals surface area contributed by atoms with Crippen LogP contribution in [0.15, 0.2) is 34.3 Å². The van der Waals surface area contributed by atoms with E-state index in [-0.39, 0.29) is 11.5 Å². The van der Waals surface area contributed by atoms with Gasteiger partial charge in [-0.3, -0.25) is 4.79 Å². The SMILES string of the molecule is O=C(CC1=CCCCC1)Nc1ccc(C(=O)O)cc1Br. The molecule has 1 amide bonds. The van der Waals surface area contributed by atoms with Crippen LogP contribution in [-0.2, 0) is 4.79 Å². The van der Waals surface area contributed by atoms with Gasteiger partial charge in [-0.1, -0.05) is 11.6 Å². The second-order valence-corrected chi connectivity index (χ2v) is 5.69. The number of carbonyl (C=O) groups excluding carboxylic acids is 1. The summed E-state index contributed by atoms with van der Waals surface area (Å²) in [7, 11) is 0. The van der Waals surface area contributed by atoms with Gasteiger partial charge in [0, 0.05) is 10.9 Å². The maximum absolute atomic E-state index is 12.0. The second-order valence-electron chi connectivity index (χ2n) is 4.83. The van der Waals surface area contributed by atoms with Crippen molar-refractivity contribution in [1.29, 1.82) is 0 Å². The molecule has 0 aliphatic heterocycles. The quantitative estimate of drug-likeness (QED) is 0.816. The zero-order chi connectivity index (χ0) is 14.5. The highest BCUT2D eigenvalue weighted by Gasteiger charge is 2.12. The zero-order valence-electron chi connectivity index (χ0n) is 11.0. The summed E-state index contributed by atoms with van der Waals surface area (Å²) in [6.07, 6.45) is 6.95. The van der Waals surface area contributed by atoms with Gasteiger partial charge < -0.3 is 10.4 Å². The van der Waals surface area contributed by atoms with Gasteiger partial charge in [0.25, 0.3) is 0 Å². The summed E-state index contributed by atoms with van der Waals surface area (Å²) < 4.78 is 0.573. The molecule has 0 aromatic heterocycles. The van der Waals surface area contributed by atoms with E-state index in [1.165, 1.54) is 24.1 Å². The van der Waals surface area contributed by atoms with Crippen LogP contribution in [0.1, 0.15) is 42.5 Å². The predicted octanol–water partition coefficient (Wildman–Crippen LogP) is 3.98. The number of anilines is 1. The summed E-state index contributed by atoms with van der Waals surface area (Å²) in [6.45, 7) is 0. The summed E-state index contributed by atoms with van der Waals surface area (Å²) in [5, 5.41) is 11.7. The van der Waals surface area contributed by atoms with Crippen molar-refractivity contribution in [3.63, 3.8) is 0 Å². The summed E-state index contributed by atoms with van der Waals surface area (Å²) in [6, 6.07) is 4.56. The van der Waals surface area contributed by atoms with Crippen molar-refractivity contribution in [3.05, 3.63) is 39.9 Å². The van der Waals surface area contributed by atoms with Crippen molar-refractivity contribution in [2.24, 2.45) is 0 Å². The molecule has 4 nitrogen and oxygen atoms in total. The van der Waals surface area contributed by atoms with Crippen molar-refractivity contribution >= 4 is 33.5 Å². The Morgan fingerprint density at radius 2 is 2.10 bits per heavy atom. The number of amides is 1. The Balaban J connectivity index is 2.00. The number of carboxylic acids is 1. The minimum atomic E-state index is -0.990. The fourth-order valence-corrected chi connectivity index (χ4v) is 2.69. The van der Waals surface area contributed by atoms with Crippen LogP contribution in [0.2, 0.25) is 0 Å². The molecule has 1 aromatic carbocycles. The van der Waals surface area contributed by atoms with E-state index in [9.17, 15) is 9.59 Å². The van der Waals surface area contributed by atoms with E-state index in [2.05, 4.69) is 27.3 Å². The molecule has 0 saturated carbocycles. The fourth-order valence-electron chi connectivity index (χ4n) is 2.22. The van der Waals surface area contributed by atoms with Gasteiger partial charge >= 0.3 is 5.97 Å². The number of rotatable bonds is 4. The smallest absolute Gasteiger partial charge is 0.335 e. The summed E-state index contributed by atoms with van der Waals surface area (Å²) in [5.74, 6) is -1.06. The van der Waals surface area contributed by atoms with Gasteiger partial charge in [-0.05, 0) is 59.8 Å². The van der Waals surface area contributed by atoms with E-state index < -0.39 is 5.97 Å². The van der Waals surface area contributed by atoms with Gasteiger partial charge in [-0.15, -0.1) is 0 Å². The lowest BCUT2D eigenvalue weighted by atomic mass is 9.97. The summed E-state index contributed by atoms with van der Waals surface area (Å²) in [4.78, 5) is 22.8. The standard InChI is InChI=1S/C15H16BrNO3/c16-12-9-11(15(19)20)6-7-13(12)17-14(18)8-10-4-2-1-3-5-10/h4,6-7,9H,1-3,5,8H2,(H,17,18)(H,19,20). The van der Waals surface area contributed by atoms with Gasteiger partial charge in [0.2, 0.25) is 5.91 Å². The third-order valence-electron chi connectivity index (χ3n) is 3.26. The Morgan fingerprint density at radius 3 is 2.70 bits per heavy atom. The molecule has 0 radical (unpaired) electrons. The fraction of sp³-hybridized carbons (Fsp3) is 0.333. The Bertz CT molecular complexity index is 566. The van der Waals surface area contributed by atoms with Crippen molar-refractivity contribution < 1.29 is 14.7 Å². The number of nitrogens with one attached hydrogen (secondary N) is 1. The number of halogens is 1. The molecule has 0 unspecified atom stereocenters. The Labute approximate surface area is 126 Å². The van der Waals surface area contributed by atoms with Crippen molar-refractivity contribution in [2.75, 3.05) is 5.32 Å². The lowest BCUT2D eigenvalue weighted by molar-refractivity contribution is -0.115. The number of carboxylic acid groups (broad SMARTS) is 1. The normalized spacial score (nSPS) is 14.6. The zero-order valence-corrected chi connectivity index (χ0v) is 12.6. The first kappa shape index (κ1) is 14.8. The van der Waals surface area contributed by atoms with Gasteiger partial charge in [0.05, 0.1) is 11.3 Å². The first-order valence-corrected chi connectivity index (χ1v) is 7.36. The largest absolute Gasteiger partial charge is 0.478 e. The molecule has 0 heterocycles. The number of hydrogen-bond acceptors (Lipinski definition) is 2. The van der Waals surface area contributed by atoms with Crippen molar-refractivity contribution in [3.8, 4) is 0 Å². The van der Waals surface area contributed by atoms with E-state index >= 15 is 0 Å². The van der Waals surface area contributed by atoms with Crippen LogP contribution in [0.4, 0.5) is 5.69 Å². The van der Waals surface area contributed by atoms with Crippen LogP contribution in [-0.4, -0.2) is 17.0 Å². The van der Waals surface area contributed by atoms with E-state index in [1.807, 2.05) is 0 Å². The van der Waals surface area contributed by atoms with E-state index in [0.717, 1.165) is 19.3 Å². The third kappa shape index (κ3) is 3.93. The van der Waals surface area contributed by atoms with Gasteiger partial charge in [-0.2, -0.15) is 0 Å². The van der Waals surface area contributed by atoms with Crippen LogP contribution in [0.3, 0.4) is 0 Å². The lowest BCUT2D eigenvalue weighted by Crippen LogP contribution is -2.13. The number of carbonyl (C=O) groups is 2. The van der Waals surface area contributed by atoms with Crippen LogP contribution >= 0.6 is 15.9 Å². The number of hydrogen-bond donors (Lipinski definition) is 2. The van der Waals surface area contributed by atoms with Crippen LogP contribution < -0.4 is 5.32 Å². The maximum atomic E-state index is 12.0. The van der Waals surface area contributed by atoms with Crippen molar-refractivity contribution in [1.82, 2.24) is 0 Å². The first-order valence-electron chi connectivity index (χ1n) is 6.57. The molecule has 2 rings (SSSR count). The lowest BCUT2D eigenvalue weighted by Gasteiger charge is -2.13. The van der Waals surface area contributed by atoms with E-state index in [4.69, 9.17) is 5.11 Å². The predicted molar refractivity (Wildman–Crippen MR) is 80.9 cm³/mol. The molecule has 2 N–H and O–H groups in total.